The summed E-state index contributed by atoms with van der Waals surface area (Å²) in [6.45, 7) is 4.45. The molecule has 0 radical (unpaired) electrons. The summed E-state index contributed by atoms with van der Waals surface area (Å²) in [5.74, 6) is -0.126. The number of aryl methyl sites for hydroxylation is 1. The van der Waals surface area contributed by atoms with Crippen LogP contribution in [0.25, 0.3) is 20.2 Å². The molecular weight excluding hydrogens is 306 g/mol. The van der Waals surface area contributed by atoms with E-state index in [2.05, 4.69) is 42.2 Å². The van der Waals surface area contributed by atoms with E-state index < -0.39 is 0 Å². The molecule has 1 aliphatic heterocycles. The Balaban J connectivity index is 1.90. The zero-order valence-electron chi connectivity index (χ0n) is 13.6. The highest BCUT2D eigenvalue weighted by molar-refractivity contribution is 7.25. The van der Waals surface area contributed by atoms with E-state index in [4.69, 9.17) is 4.74 Å². The average Bonchev–Trinajstić information content (AvgIpc) is 3.06. The van der Waals surface area contributed by atoms with Gasteiger partial charge in [-0.3, -0.25) is 0 Å². The molecule has 1 aliphatic rings. The first-order chi connectivity index (χ1) is 11.1. The first-order valence-electron chi connectivity index (χ1n) is 7.95. The minimum Gasteiger partial charge on any atom is -0.464 e. The zero-order chi connectivity index (χ0) is 16.1. The van der Waals surface area contributed by atoms with Crippen molar-refractivity contribution in [3.8, 4) is 0 Å². The fraction of sp³-hybridized carbons (Fsp3) is 0.316. The Labute approximate surface area is 139 Å². The molecule has 0 fully saturated rings. The summed E-state index contributed by atoms with van der Waals surface area (Å²) in [4.78, 5) is 14.3. The van der Waals surface area contributed by atoms with Crippen molar-refractivity contribution in [1.29, 1.82) is 0 Å². The SMILES string of the molecule is CCOC(=O)C1Cc2cc3sc4ccccc4c3c(C)c2N1C. The predicted molar refractivity (Wildman–Crippen MR) is 96.6 cm³/mol. The van der Waals surface area contributed by atoms with Gasteiger partial charge >= 0.3 is 5.97 Å². The fourth-order valence-corrected chi connectivity index (χ4v) is 5.00. The van der Waals surface area contributed by atoms with Gasteiger partial charge in [-0.2, -0.15) is 0 Å². The second-order valence-electron chi connectivity index (χ2n) is 6.06. The van der Waals surface area contributed by atoms with Crippen LogP contribution in [0.4, 0.5) is 5.69 Å². The number of anilines is 1. The van der Waals surface area contributed by atoms with Crippen LogP contribution in [-0.2, 0) is 16.0 Å². The van der Waals surface area contributed by atoms with Gasteiger partial charge in [-0.05, 0) is 37.1 Å². The van der Waals surface area contributed by atoms with Crippen LogP contribution < -0.4 is 4.90 Å². The molecule has 1 aromatic heterocycles. The number of esters is 1. The lowest BCUT2D eigenvalue weighted by Gasteiger charge is -2.22. The van der Waals surface area contributed by atoms with Crippen molar-refractivity contribution in [2.45, 2.75) is 26.3 Å². The first-order valence-corrected chi connectivity index (χ1v) is 8.76. The average molecular weight is 325 g/mol. The summed E-state index contributed by atoms with van der Waals surface area (Å²) in [5, 5.41) is 2.63. The number of nitrogens with zero attached hydrogens (tertiary/aromatic N) is 1. The highest BCUT2D eigenvalue weighted by Crippen LogP contribution is 2.44. The second kappa shape index (κ2) is 5.24. The summed E-state index contributed by atoms with van der Waals surface area (Å²) < 4.78 is 7.86. The molecule has 4 rings (SSSR count). The van der Waals surface area contributed by atoms with Crippen molar-refractivity contribution in [2.24, 2.45) is 0 Å². The van der Waals surface area contributed by atoms with Crippen molar-refractivity contribution in [3.63, 3.8) is 0 Å². The molecule has 2 heterocycles. The van der Waals surface area contributed by atoms with Crippen LogP contribution in [0, 0.1) is 6.92 Å². The highest BCUT2D eigenvalue weighted by atomic mass is 32.1. The maximum Gasteiger partial charge on any atom is 0.329 e. The quantitative estimate of drug-likeness (QED) is 0.658. The van der Waals surface area contributed by atoms with Crippen molar-refractivity contribution in [3.05, 3.63) is 41.5 Å². The third-order valence-electron chi connectivity index (χ3n) is 4.75. The Morgan fingerprint density at radius 3 is 2.91 bits per heavy atom. The lowest BCUT2D eigenvalue weighted by molar-refractivity contribution is -0.144. The first kappa shape index (κ1) is 14.5. The largest absolute Gasteiger partial charge is 0.464 e. The molecule has 2 aromatic carbocycles. The number of thiophene rings is 1. The van der Waals surface area contributed by atoms with Crippen molar-refractivity contribution >= 4 is 43.2 Å². The van der Waals surface area contributed by atoms with Crippen molar-refractivity contribution < 1.29 is 9.53 Å². The molecule has 0 aliphatic carbocycles. The van der Waals surface area contributed by atoms with Gasteiger partial charge in [-0.25, -0.2) is 4.79 Å². The molecule has 0 bridgehead atoms. The Hall–Kier alpha value is -2.07. The summed E-state index contributed by atoms with van der Waals surface area (Å²) in [6.07, 6.45) is 0.732. The van der Waals surface area contributed by atoms with E-state index in [9.17, 15) is 4.79 Å². The molecule has 0 saturated heterocycles. The van der Waals surface area contributed by atoms with Gasteiger partial charge in [0.25, 0.3) is 0 Å². The monoisotopic (exact) mass is 325 g/mol. The van der Waals surface area contributed by atoms with Crippen LogP contribution in [0.1, 0.15) is 18.1 Å². The molecule has 1 atom stereocenters. The highest BCUT2D eigenvalue weighted by Gasteiger charge is 2.35. The Bertz CT molecular complexity index is 928. The van der Waals surface area contributed by atoms with Crippen molar-refractivity contribution in [2.75, 3.05) is 18.6 Å². The number of hydrogen-bond acceptors (Lipinski definition) is 4. The van der Waals surface area contributed by atoms with E-state index in [-0.39, 0.29) is 12.0 Å². The molecule has 0 amide bonds. The van der Waals surface area contributed by atoms with Crippen LogP contribution in [0.15, 0.2) is 30.3 Å². The van der Waals surface area contributed by atoms with E-state index in [0.717, 1.165) is 6.42 Å². The molecule has 1 unspecified atom stereocenters. The molecule has 0 saturated carbocycles. The maximum absolute atomic E-state index is 12.2. The Morgan fingerprint density at radius 1 is 1.35 bits per heavy atom. The second-order valence-corrected chi connectivity index (χ2v) is 7.15. The Kier molecular flexibility index (Phi) is 3.31. The minimum atomic E-state index is -0.202. The molecule has 0 spiro atoms. The molecule has 4 heteroatoms. The molecule has 0 N–H and O–H groups in total. The van der Waals surface area contributed by atoms with Gasteiger partial charge in [-0.1, -0.05) is 18.2 Å². The van der Waals surface area contributed by atoms with Gasteiger partial charge in [0.05, 0.1) is 6.61 Å². The van der Waals surface area contributed by atoms with Gasteiger partial charge in [0.2, 0.25) is 0 Å². The topological polar surface area (TPSA) is 29.5 Å². The van der Waals surface area contributed by atoms with E-state index in [1.54, 1.807) is 0 Å². The molecule has 3 nitrogen and oxygen atoms in total. The van der Waals surface area contributed by atoms with Crippen LogP contribution in [0.5, 0.6) is 0 Å². The number of carbonyl (C=O) groups is 1. The van der Waals surface area contributed by atoms with Gasteiger partial charge in [0.1, 0.15) is 6.04 Å². The number of benzene rings is 2. The Morgan fingerprint density at radius 2 is 2.13 bits per heavy atom. The zero-order valence-corrected chi connectivity index (χ0v) is 14.4. The third-order valence-corrected chi connectivity index (χ3v) is 5.87. The van der Waals surface area contributed by atoms with Crippen LogP contribution >= 0.6 is 11.3 Å². The number of ether oxygens (including phenoxy) is 1. The number of hydrogen-bond donors (Lipinski definition) is 0. The summed E-state index contributed by atoms with van der Waals surface area (Å²) in [7, 11) is 2.00. The van der Waals surface area contributed by atoms with Crippen molar-refractivity contribution in [1.82, 2.24) is 0 Å². The van der Waals surface area contributed by atoms with Gasteiger partial charge < -0.3 is 9.64 Å². The van der Waals surface area contributed by atoms with E-state index in [1.807, 2.05) is 25.3 Å². The number of fused-ring (bicyclic) bond motifs is 4. The molecule has 3 aromatic rings. The van der Waals surface area contributed by atoms with Crippen LogP contribution in [0.2, 0.25) is 0 Å². The number of carbonyl (C=O) groups excluding carboxylic acids is 1. The van der Waals surface area contributed by atoms with Gasteiger partial charge in [0, 0.05) is 39.3 Å². The van der Waals surface area contributed by atoms with E-state index in [1.165, 1.54) is 37.0 Å². The minimum absolute atomic E-state index is 0.126. The van der Waals surface area contributed by atoms with Crippen LogP contribution in [0.3, 0.4) is 0 Å². The van der Waals surface area contributed by atoms with Crippen LogP contribution in [-0.4, -0.2) is 25.7 Å². The van der Waals surface area contributed by atoms with E-state index in [0.29, 0.717) is 6.61 Å². The number of likely N-dealkylation sites (N-methyl/N-ethyl adjacent to an activating group) is 1. The fourth-order valence-electron chi connectivity index (χ4n) is 3.77. The lowest BCUT2D eigenvalue weighted by atomic mass is 10.0. The maximum atomic E-state index is 12.2. The summed E-state index contributed by atoms with van der Waals surface area (Å²) >= 11 is 1.83. The van der Waals surface area contributed by atoms with Gasteiger partial charge in [-0.15, -0.1) is 11.3 Å². The third kappa shape index (κ3) is 2.05. The lowest BCUT2D eigenvalue weighted by Crippen LogP contribution is -2.37. The molecular formula is C19H19NO2S. The summed E-state index contributed by atoms with van der Waals surface area (Å²) in [5.41, 5.74) is 3.71. The number of rotatable bonds is 2. The summed E-state index contributed by atoms with van der Waals surface area (Å²) in [6, 6.07) is 10.6. The molecule has 118 valence electrons. The molecule has 23 heavy (non-hydrogen) atoms. The van der Waals surface area contributed by atoms with E-state index >= 15 is 0 Å². The predicted octanol–water partition coefficient (Wildman–Crippen LogP) is 4.29. The smallest absolute Gasteiger partial charge is 0.329 e. The van der Waals surface area contributed by atoms with Gasteiger partial charge in [0.15, 0.2) is 0 Å². The normalized spacial score (nSPS) is 17.0. The standard InChI is InChI=1S/C19H19NO2S/c1-4-22-19(21)14-9-12-10-16-17(11(2)18(12)20(14)3)13-7-5-6-8-15(13)23-16/h5-8,10,14H,4,9H2,1-3H3.